The standard InChI is InChI=1S/C23H37N5/c1-4-24-23(25-14-10-19-12-16-28(5-2)17-13-19)26-15-11-20-18(3)27-22-9-7-6-8-21(20)22/h6-9,19,27H,4-5,10-17H2,1-3H3,(H2,24,25,26). The predicted molar refractivity (Wildman–Crippen MR) is 120 cm³/mol. The number of piperidine rings is 1. The van der Waals surface area contributed by atoms with E-state index in [1.807, 2.05) is 0 Å². The SMILES string of the molecule is CCNC(=NCCC1CCN(CC)CC1)NCCc1c(C)[nH]c2ccccc12. The molecule has 0 aliphatic carbocycles. The van der Waals surface area contributed by atoms with Gasteiger partial charge in [0.05, 0.1) is 0 Å². The lowest BCUT2D eigenvalue weighted by Crippen LogP contribution is -2.38. The van der Waals surface area contributed by atoms with Crippen LogP contribution in [0.5, 0.6) is 0 Å². The first kappa shape index (κ1) is 20.7. The molecule has 5 heteroatoms. The number of H-pyrrole nitrogens is 1. The molecule has 3 rings (SSSR count). The first-order valence-corrected chi connectivity index (χ1v) is 11.0. The molecule has 0 atom stereocenters. The second-order valence-corrected chi connectivity index (χ2v) is 7.88. The van der Waals surface area contributed by atoms with Crippen molar-refractivity contribution in [3.05, 3.63) is 35.5 Å². The molecule has 3 N–H and O–H groups in total. The third-order valence-electron chi connectivity index (χ3n) is 6.00. The van der Waals surface area contributed by atoms with Crippen LogP contribution in [0.15, 0.2) is 29.3 Å². The zero-order valence-corrected chi connectivity index (χ0v) is 17.9. The summed E-state index contributed by atoms with van der Waals surface area (Å²) in [5.74, 6) is 1.79. The van der Waals surface area contributed by atoms with E-state index >= 15 is 0 Å². The summed E-state index contributed by atoms with van der Waals surface area (Å²) in [5, 5.41) is 8.25. The topological polar surface area (TPSA) is 55.5 Å². The molecule has 2 aromatic rings. The molecule has 5 nitrogen and oxygen atoms in total. The van der Waals surface area contributed by atoms with Gasteiger partial charge < -0.3 is 20.5 Å². The molecule has 1 fully saturated rings. The summed E-state index contributed by atoms with van der Waals surface area (Å²) >= 11 is 0. The highest BCUT2D eigenvalue weighted by Crippen LogP contribution is 2.22. The Kier molecular flexibility index (Phi) is 7.78. The molecular formula is C23H37N5. The Balaban J connectivity index is 1.47. The Morgan fingerprint density at radius 3 is 2.71 bits per heavy atom. The fourth-order valence-corrected chi connectivity index (χ4v) is 4.25. The van der Waals surface area contributed by atoms with Gasteiger partial charge in [-0.25, -0.2) is 0 Å². The van der Waals surface area contributed by atoms with E-state index in [1.54, 1.807) is 0 Å². The van der Waals surface area contributed by atoms with Gasteiger partial charge in [0, 0.05) is 36.2 Å². The molecule has 2 heterocycles. The van der Waals surface area contributed by atoms with Gasteiger partial charge in [-0.05, 0) is 76.7 Å². The number of fused-ring (bicyclic) bond motifs is 1. The maximum atomic E-state index is 4.82. The van der Waals surface area contributed by atoms with Gasteiger partial charge in [0.15, 0.2) is 5.96 Å². The molecule has 0 unspecified atom stereocenters. The quantitative estimate of drug-likeness (QED) is 0.481. The molecule has 1 aromatic heterocycles. The monoisotopic (exact) mass is 383 g/mol. The Labute approximate surface area is 170 Å². The van der Waals surface area contributed by atoms with Crippen LogP contribution < -0.4 is 10.6 Å². The molecule has 0 bridgehead atoms. The maximum Gasteiger partial charge on any atom is 0.191 e. The molecule has 154 valence electrons. The molecule has 28 heavy (non-hydrogen) atoms. The number of para-hydroxylation sites is 1. The van der Waals surface area contributed by atoms with Gasteiger partial charge in [-0.2, -0.15) is 0 Å². The fraction of sp³-hybridized carbons (Fsp3) is 0.609. The minimum absolute atomic E-state index is 0.836. The fourth-order valence-electron chi connectivity index (χ4n) is 4.25. The number of likely N-dealkylation sites (tertiary alicyclic amines) is 1. The number of aromatic amines is 1. The Bertz CT molecular complexity index is 755. The van der Waals surface area contributed by atoms with Gasteiger partial charge in [-0.1, -0.05) is 25.1 Å². The first-order valence-electron chi connectivity index (χ1n) is 11.0. The van der Waals surface area contributed by atoms with Gasteiger partial charge in [-0.3, -0.25) is 4.99 Å². The number of aryl methyl sites for hydroxylation is 1. The van der Waals surface area contributed by atoms with Crippen LogP contribution in [0.1, 0.15) is 44.4 Å². The third kappa shape index (κ3) is 5.51. The molecule has 0 saturated carbocycles. The van der Waals surface area contributed by atoms with Crippen molar-refractivity contribution < 1.29 is 0 Å². The van der Waals surface area contributed by atoms with Crippen LogP contribution in [-0.4, -0.2) is 55.1 Å². The maximum absolute atomic E-state index is 4.82. The smallest absolute Gasteiger partial charge is 0.191 e. The van der Waals surface area contributed by atoms with Crippen molar-refractivity contribution in [2.24, 2.45) is 10.9 Å². The molecule has 1 aromatic carbocycles. The van der Waals surface area contributed by atoms with Crippen LogP contribution in [0, 0.1) is 12.8 Å². The summed E-state index contributed by atoms with van der Waals surface area (Å²) in [6, 6.07) is 8.55. The van der Waals surface area contributed by atoms with Gasteiger partial charge in [0.2, 0.25) is 0 Å². The van der Waals surface area contributed by atoms with Crippen molar-refractivity contribution >= 4 is 16.9 Å². The number of guanidine groups is 1. The van der Waals surface area contributed by atoms with Gasteiger partial charge in [0.25, 0.3) is 0 Å². The van der Waals surface area contributed by atoms with Crippen molar-refractivity contribution in [3.8, 4) is 0 Å². The summed E-state index contributed by atoms with van der Waals surface area (Å²) < 4.78 is 0. The second kappa shape index (κ2) is 10.5. The van der Waals surface area contributed by atoms with Crippen LogP contribution in [0.2, 0.25) is 0 Å². The number of aromatic nitrogens is 1. The predicted octanol–water partition coefficient (Wildman–Crippen LogP) is 3.70. The van der Waals surface area contributed by atoms with Gasteiger partial charge >= 0.3 is 0 Å². The molecule has 1 aliphatic rings. The first-order chi connectivity index (χ1) is 13.7. The van der Waals surface area contributed by atoms with Crippen LogP contribution in [-0.2, 0) is 6.42 Å². The number of nitrogens with one attached hydrogen (secondary N) is 3. The summed E-state index contributed by atoms with van der Waals surface area (Å²) in [7, 11) is 0. The number of benzene rings is 1. The van der Waals surface area contributed by atoms with E-state index in [9.17, 15) is 0 Å². The van der Waals surface area contributed by atoms with E-state index in [0.29, 0.717) is 0 Å². The Hall–Kier alpha value is -2.01. The lowest BCUT2D eigenvalue weighted by molar-refractivity contribution is 0.188. The van der Waals surface area contributed by atoms with Crippen LogP contribution >= 0.6 is 0 Å². The summed E-state index contributed by atoms with van der Waals surface area (Å²) in [6.07, 6.45) is 4.85. The average Bonchev–Trinajstić information content (AvgIpc) is 3.04. The van der Waals surface area contributed by atoms with Gasteiger partial charge in [-0.15, -0.1) is 0 Å². The van der Waals surface area contributed by atoms with E-state index in [2.05, 4.69) is 65.6 Å². The van der Waals surface area contributed by atoms with E-state index in [-0.39, 0.29) is 0 Å². The number of hydrogen-bond donors (Lipinski definition) is 3. The van der Waals surface area contributed by atoms with E-state index in [4.69, 9.17) is 4.99 Å². The minimum Gasteiger partial charge on any atom is -0.358 e. The van der Waals surface area contributed by atoms with Crippen molar-refractivity contribution in [2.75, 3.05) is 39.3 Å². The third-order valence-corrected chi connectivity index (χ3v) is 6.00. The molecular weight excluding hydrogens is 346 g/mol. The van der Waals surface area contributed by atoms with Gasteiger partial charge in [0.1, 0.15) is 0 Å². The molecule has 0 amide bonds. The number of rotatable bonds is 8. The average molecular weight is 384 g/mol. The highest BCUT2D eigenvalue weighted by atomic mass is 15.2. The highest BCUT2D eigenvalue weighted by Gasteiger charge is 2.17. The largest absolute Gasteiger partial charge is 0.358 e. The molecule has 1 saturated heterocycles. The molecule has 1 aliphatic heterocycles. The van der Waals surface area contributed by atoms with E-state index in [0.717, 1.165) is 37.9 Å². The summed E-state index contributed by atoms with van der Waals surface area (Å²) in [4.78, 5) is 10.9. The van der Waals surface area contributed by atoms with Crippen molar-refractivity contribution in [1.29, 1.82) is 0 Å². The van der Waals surface area contributed by atoms with Crippen molar-refractivity contribution in [3.63, 3.8) is 0 Å². The number of hydrogen-bond acceptors (Lipinski definition) is 2. The minimum atomic E-state index is 0.836. The van der Waals surface area contributed by atoms with Crippen LogP contribution in [0.4, 0.5) is 0 Å². The summed E-state index contributed by atoms with van der Waals surface area (Å²) in [5.41, 5.74) is 3.90. The number of aliphatic imine (C=N–C) groups is 1. The van der Waals surface area contributed by atoms with Crippen molar-refractivity contribution in [1.82, 2.24) is 20.5 Å². The Morgan fingerprint density at radius 2 is 1.96 bits per heavy atom. The van der Waals surface area contributed by atoms with Crippen LogP contribution in [0.3, 0.4) is 0 Å². The number of nitrogens with zero attached hydrogens (tertiary/aromatic N) is 2. The van der Waals surface area contributed by atoms with Crippen LogP contribution in [0.25, 0.3) is 10.9 Å². The van der Waals surface area contributed by atoms with E-state index < -0.39 is 0 Å². The Morgan fingerprint density at radius 1 is 1.18 bits per heavy atom. The lowest BCUT2D eigenvalue weighted by atomic mass is 9.94. The zero-order chi connectivity index (χ0) is 19.8. The second-order valence-electron chi connectivity index (χ2n) is 7.88. The lowest BCUT2D eigenvalue weighted by Gasteiger charge is -2.30. The molecule has 0 radical (unpaired) electrons. The molecule has 0 spiro atoms. The normalized spacial score (nSPS) is 16.6. The van der Waals surface area contributed by atoms with E-state index in [1.165, 1.54) is 61.1 Å². The summed E-state index contributed by atoms with van der Waals surface area (Å²) in [6.45, 7) is 13.0. The van der Waals surface area contributed by atoms with Crippen molar-refractivity contribution in [2.45, 2.75) is 46.5 Å². The highest BCUT2D eigenvalue weighted by molar-refractivity contribution is 5.84. The zero-order valence-electron chi connectivity index (χ0n) is 17.9.